The second-order valence-corrected chi connectivity index (χ2v) is 12.1. The van der Waals surface area contributed by atoms with Crippen molar-refractivity contribution in [3.63, 3.8) is 0 Å². The molecule has 2 aromatic carbocycles. The van der Waals surface area contributed by atoms with Gasteiger partial charge >= 0.3 is 0 Å². The lowest BCUT2D eigenvalue weighted by Gasteiger charge is -2.16. The third-order valence-electron chi connectivity index (χ3n) is 8.49. The second kappa shape index (κ2) is 21.5. The number of hydrogen-bond donors (Lipinski definition) is 0. The minimum atomic E-state index is 0.969. The van der Waals surface area contributed by atoms with Crippen molar-refractivity contribution in [3.05, 3.63) is 69.4 Å². The molecule has 0 bridgehead atoms. The Balaban J connectivity index is 2.20. The van der Waals surface area contributed by atoms with Crippen LogP contribution in [0.3, 0.4) is 0 Å². The van der Waals surface area contributed by atoms with Crippen LogP contribution >= 0.6 is 0 Å². The first-order valence-corrected chi connectivity index (χ1v) is 17.4. The van der Waals surface area contributed by atoms with Crippen LogP contribution < -0.4 is 0 Å². The van der Waals surface area contributed by atoms with Crippen LogP contribution in [0.5, 0.6) is 0 Å². The summed E-state index contributed by atoms with van der Waals surface area (Å²) in [5, 5.41) is 9.32. The van der Waals surface area contributed by atoms with Crippen molar-refractivity contribution in [2.45, 2.75) is 164 Å². The van der Waals surface area contributed by atoms with E-state index in [-0.39, 0.29) is 0 Å². The van der Waals surface area contributed by atoms with Crippen LogP contribution in [-0.4, -0.2) is 0 Å². The van der Waals surface area contributed by atoms with E-state index in [4.69, 9.17) is 0 Å². The smallest absolute Gasteiger partial charge is 0.0859 e. The van der Waals surface area contributed by atoms with Crippen LogP contribution in [0.15, 0.2) is 46.3 Å². The highest BCUT2D eigenvalue weighted by Crippen LogP contribution is 2.26. The van der Waals surface area contributed by atoms with Gasteiger partial charge in [0, 0.05) is 0 Å². The molecule has 0 heterocycles. The molecule has 0 aliphatic carbocycles. The normalized spacial score (nSPS) is 12.1. The van der Waals surface area contributed by atoms with Crippen LogP contribution in [0.2, 0.25) is 0 Å². The zero-order chi connectivity index (χ0) is 29.7. The van der Waals surface area contributed by atoms with E-state index < -0.39 is 0 Å². The fourth-order valence-corrected chi connectivity index (χ4v) is 5.99. The summed E-state index contributed by atoms with van der Waals surface area (Å²) < 4.78 is 0. The van der Waals surface area contributed by atoms with Gasteiger partial charge < -0.3 is 0 Å². The van der Waals surface area contributed by atoms with Crippen molar-refractivity contribution >= 4 is 11.8 Å². The zero-order valence-electron chi connectivity index (χ0n) is 27.8. The van der Waals surface area contributed by atoms with Crippen molar-refractivity contribution in [2.75, 3.05) is 0 Å². The number of nitrogens with zero attached hydrogens (tertiary/aromatic N) is 2. The van der Waals surface area contributed by atoms with Crippen LogP contribution in [-0.2, 0) is 32.1 Å². The molecule has 0 unspecified atom stereocenters. The molecule has 41 heavy (non-hydrogen) atoms. The van der Waals surface area contributed by atoms with Crippen molar-refractivity contribution in [1.82, 2.24) is 0 Å². The Hall–Kier alpha value is -2.22. The Morgan fingerprint density at radius 3 is 1.73 bits per heavy atom. The molecule has 2 aromatic rings. The molecular formula is C39H62N2. The van der Waals surface area contributed by atoms with Crippen LogP contribution in [0.4, 0.5) is 5.69 Å². The maximum atomic E-state index is 4.66. The van der Waals surface area contributed by atoms with Gasteiger partial charge in [-0.2, -0.15) is 10.2 Å². The molecule has 0 fully saturated rings. The van der Waals surface area contributed by atoms with Gasteiger partial charge in [-0.05, 0) is 110 Å². The van der Waals surface area contributed by atoms with Gasteiger partial charge in [0.2, 0.25) is 0 Å². The van der Waals surface area contributed by atoms with E-state index in [2.05, 4.69) is 88.2 Å². The van der Waals surface area contributed by atoms with Crippen molar-refractivity contribution in [2.24, 2.45) is 10.2 Å². The van der Waals surface area contributed by atoms with Gasteiger partial charge in [-0.1, -0.05) is 123 Å². The van der Waals surface area contributed by atoms with E-state index in [0.29, 0.717) is 0 Å². The van der Waals surface area contributed by atoms with Gasteiger partial charge in [0.25, 0.3) is 0 Å². The Labute approximate surface area is 254 Å². The van der Waals surface area contributed by atoms with E-state index in [0.717, 1.165) is 30.6 Å². The Bertz CT molecular complexity index is 1050. The quantitative estimate of drug-likeness (QED) is 0.101. The molecule has 0 N–H and O–H groups in total. The predicted octanol–water partition coefficient (Wildman–Crippen LogP) is 13.1. The minimum Gasteiger partial charge on any atom is -0.155 e. The molecule has 0 atom stereocenters. The van der Waals surface area contributed by atoms with Crippen LogP contribution in [0.25, 0.3) is 6.08 Å². The number of benzene rings is 2. The third-order valence-corrected chi connectivity index (χ3v) is 8.49. The highest BCUT2D eigenvalue weighted by molar-refractivity contribution is 5.57. The summed E-state index contributed by atoms with van der Waals surface area (Å²) in [6.45, 7) is 13.5. The van der Waals surface area contributed by atoms with E-state index >= 15 is 0 Å². The SMILES string of the molecule is CCCCCCCCc1c(CC)cc(C=C(C)N=Nc2ccc(CC)c(CCCCCC)c2)cc1CCCCCC. The summed E-state index contributed by atoms with van der Waals surface area (Å²) in [6, 6.07) is 11.5. The Morgan fingerprint density at radius 1 is 0.561 bits per heavy atom. The maximum absolute atomic E-state index is 4.66. The monoisotopic (exact) mass is 558 g/mol. The topological polar surface area (TPSA) is 24.7 Å². The molecule has 0 radical (unpaired) electrons. The predicted molar refractivity (Wildman–Crippen MR) is 183 cm³/mol. The van der Waals surface area contributed by atoms with Gasteiger partial charge in [-0.25, -0.2) is 0 Å². The third kappa shape index (κ3) is 13.5. The van der Waals surface area contributed by atoms with Crippen molar-refractivity contribution in [1.29, 1.82) is 0 Å². The molecule has 0 aliphatic heterocycles. The molecule has 0 saturated carbocycles. The number of aryl methyl sites for hydroxylation is 4. The number of allylic oxidation sites excluding steroid dienone is 1. The Morgan fingerprint density at radius 2 is 1.10 bits per heavy atom. The van der Waals surface area contributed by atoms with Gasteiger partial charge in [0.15, 0.2) is 0 Å². The largest absolute Gasteiger partial charge is 0.155 e. The molecule has 0 amide bonds. The summed E-state index contributed by atoms with van der Waals surface area (Å²) in [7, 11) is 0. The Kier molecular flexibility index (Phi) is 18.3. The summed E-state index contributed by atoms with van der Waals surface area (Å²) in [5.41, 5.74) is 10.9. The molecule has 2 nitrogen and oxygen atoms in total. The van der Waals surface area contributed by atoms with Gasteiger partial charge in [-0.15, -0.1) is 0 Å². The number of hydrogen-bond acceptors (Lipinski definition) is 2. The fourth-order valence-electron chi connectivity index (χ4n) is 5.99. The fraction of sp³-hybridized carbons (Fsp3) is 0.641. The summed E-state index contributed by atoms with van der Waals surface area (Å²) in [6.07, 6.45) is 26.6. The first-order chi connectivity index (χ1) is 20.1. The lowest BCUT2D eigenvalue weighted by atomic mass is 9.89. The van der Waals surface area contributed by atoms with Crippen LogP contribution in [0, 0.1) is 0 Å². The molecule has 2 heteroatoms. The molecular weight excluding hydrogens is 496 g/mol. The van der Waals surface area contributed by atoms with Gasteiger partial charge in [0.05, 0.1) is 11.4 Å². The first kappa shape index (κ1) is 35.0. The molecule has 0 spiro atoms. The number of azo groups is 1. The first-order valence-electron chi connectivity index (χ1n) is 17.4. The molecule has 228 valence electrons. The minimum absolute atomic E-state index is 0.969. The average molecular weight is 559 g/mol. The lowest BCUT2D eigenvalue weighted by molar-refractivity contribution is 0.604. The average Bonchev–Trinajstić information content (AvgIpc) is 2.98. The molecule has 0 aliphatic rings. The summed E-state index contributed by atoms with van der Waals surface area (Å²) >= 11 is 0. The number of unbranched alkanes of at least 4 members (excludes halogenated alkanes) is 11. The van der Waals surface area contributed by atoms with E-state index in [1.54, 1.807) is 11.1 Å². The highest BCUT2D eigenvalue weighted by Gasteiger charge is 2.10. The summed E-state index contributed by atoms with van der Waals surface area (Å²) in [4.78, 5) is 0. The van der Waals surface area contributed by atoms with E-state index in [1.807, 2.05) is 0 Å². The van der Waals surface area contributed by atoms with Crippen molar-refractivity contribution in [3.8, 4) is 0 Å². The van der Waals surface area contributed by atoms with Gasteiger partial charge in [-0.3, -0.25) is 0 Å². The molecule has 0 saturated heterocycles. The molecule has 0 aromatic heterocycles. The second-order valence-electron chi connectivity index (χ2n) is 12.1. The van der Waals surface area contributed by atoms with Gasteiger partial charge in [0.1, 0.15) is 0 Å². The standard InChI is InChI=1S/C39H62N2/c1-7-12-15-18-19-22-25-39-35(11-5)29-33(30-37(39)24-21-17-14-9-3)28-32(6)40-41-38-27-26-34(10-4)36(31-38)23-20-16-13-8-2/h26-31H,7-25H2,1-6H3. The van der Waals surface area contributed by atoms with E-state index in [9.17, 15) is 0 Å². The molecule has 2 rings (SSSR count). The maximum Gasteiger partial charge on any atom is 0.0859 e. The summed E-state index contributed by atoms with van der Waals surface area (Å²) in [5.74, 6) is 0. The number of rotatable bonds is 22. The van der Waals surface area contributed by atoms with E-state index in [1.165, 1.54) is 125 Å². The highest BCUT2D eigenvalue weighted by atomic mass is 15.1. The van der Waals surface area contributed by atoms with Crippen molar-refractivity contribution < 1.29 is 0 Å². The zero-order valence-corrected chi connectivity index (χ0v) is 27.8. The van der Waals surface area contributed by atoms with Crippen LogP contribution in [0.1, 0.15) is 165 Å². The lowest BCUT2D eigenvalue weighted by Crippen LogP contribution is -2.02.